The topological polar surface area (TPSA) is 76.7 Å². The largest absolute Gasteiger partial charge is 0.598 e. The van der Waals surface area contributed by atoms with Crippen molar-refractivity contribution in [2.24, 2.45) is 0 Å². The summed E-state index contributed by atoms with van der Waals surface area (Å²) in [6, 6.07) is 10.7. The normalized spacial score (nSPS) is 30.1. The number of carbonyl (C=O) groups is 1. The number of amides is 2. The van der Waals surface area contributed by atoms with Crippen LogP contribution >= 0.6 is 0 Å². The van der Waals surface area contributed by atoms with E-state index in [0.717, 1.165) is 57.9 Å². The van der Waals surface area contributed by atoms with E-state index in [1.807, 2.05) is 11.8 Å². The summed E-state index contributed by atoms with van der Waals surface area (Å²) >= 11 is -1.01. The van der Waals surface area contributed by atoms with Gasteiger partial charge in [0.15, 0.2) is 0 Å². The lowest BCUT2D eigenvalue weighted by atomic mass is 9.83. The van der Waals surface area contributed by atoms with Crippen LogP contribution in [0.5, 0.6) is 0 Å². The van der Waals surface area contributed by atoms with Crippen molar-refractivity contribution in [3.05, 3.63) is 35.9 Å². The Labute approximate surface area is 189 Å². The van der Waals surface area contributed by atoms with Crippen LogP contribution in [0, 0.1) is 0 Å². The number of hydrogen-bond donors (Lipinski definition) is 2. The van der Waals surface area contributed by atoms with Crippen LogP contribution in [0.2, 0.25) is 0 Å². The summed E-state index contributed by atoms with van der Waals surface area (Å²) < 4.78 is 22.3. The fourth-order valence-electron chi connectivity index (χ4n) is 4.96. The molecule has 1 heterocycles. The van der Waals surface area contributed by atoms with Crippen LogP contribution in [-0.4, -0.2) is 58.6 Å². The van der Waals surface area contributed by atoms with Gasteiger partial charge in [0.25, 0.3) is 0 Å². The van der Waals surface area contributed by atoms with Crippen LogP contribution in [0.25, 0.3) is 0 Å². The van der Waals surface area contributed by atoms with Gasteiger partial charge < -0.3 is 19.5 Å². The molecule has 31 heavy (non-hydrogen) atoms. The first-order chi connectivity index (χ1) is 15.2. The van der Waals surface area contributed by atoms with Crippen LogP contribution in [0.3, 0.4) is 0 Å². The number of carbonyl (C=O) groups excluding carboxylic acids is 1. The summed E-state index contributed by atoms with van der Waals surface area (Å²) in [6.45, 7) is 3.79. The molecule has 2 saturated carbocycles. The van der Waals surface area contributed by atoms with Gasteiger partial charge in [-0.1, -0.05) is 30.3 Å². The van der Waals surface area contributed by atoms with Crippen molar-refractivity contribution in [1.29, 1.82) is 0 Å². The van der Waals surface area contributed by atoms with Gasteiger partial charge in [0.2, 0.25) is 0 Å². The molecule has 0 aromatic heterocycles. The summed E-state index contributed by atoms with van der Waals surface area (Å²) in [5.74, 6) is 0.623. The minimum Gasteiger partial charge on any atom is -0.598 e. The number of hydrogen-bond acceptors (Lipinski definition) is 4. The Morgan fingerprint density at radius 2 is 1.87 bits per heavy atom. The first-order valence-electron chi connectivity index (χ1n) is 12.0. The van der Waals surface area contributed by atoms with Crippen LogP contribution in [0.4, 0.5) is 4.79 Å². The van der Waals surface area contributed by atoms with Gasteiger partial charge in [-0.05, 0) is 56.9 Å². The quantitative estimate of drug-likeness (QED) is 0.596. The molecule has 3 fully saturated rings. The first-order valence-corrected chi connectivity index (χ1v) is 13.2. The van der Waals surface area contributed by atoms with E-state index in [-0.39, 0.29) is 29.5 Å². The van der Waals surface area contributed by atoms with E-state index in [9.17, 15) is 9.35 Å². The number of nitrogens with one attached hydrogen (secondary N) is 2. The van der Waals surface area contributed by atoms with Crippen molar-refractivity contribution in [3.8, 4) is 0 Å². The Hall–Kier alpha value is -1.28. The van der Waals surface area contributed by atoms with E-state index in [2.05, 4.69) is 40.4 Å². The van der Waals surface area contributed by atoms with Crippen LogP contribution in [0.15, 0.2) is 30.3 Å². The molecular weight excluding hydrogens is 410 g/mol. The van der Waals surface area contributed by atoms with E-state index in [4.69, 9.17) is 4.74 Å². The highest BCUT2D eigenvalue weighted by Gasteiger charge is 2.41. The van der Waals surface area contributed by atoms with Crippen molar-refractivity contribution < 1.29 is 14.1 Å². The lowest BCUT2D eigenvalue weighted by Gasteiger charge is -2.41. The zero-order valence-electron chi connectivity index (χ0n) is 18.6. The van der Waals surface area contributed by atoms with Gasteiger partial charge in [0.05, 0.1) is 24.8 Å². The minimum absolute atomic E-state index is 0.0263. The average Bonchev–Trinajstić information content (AvgIpc) is 3.65. The van der Waals surface area contributed by atoms with Crippen molar-refractivity contribution in [2.75, 3.05) is 19.7 Å². The molecule has 1 aromatic rings. The summed E-state index contributed by atoms with van der Waals surface area (Å²) in [7, 11) is 0. The molecule has 4 rings (SSSR count). The smallest absolute Gasteiger partial charge is 0.317 e. The Balaban J connectivity index is 1.33. The van der Waals surface area contributed by atoms with Crippen LogP contribution in [0.1, 0.15) is 69.8 Å². The second-order valence-corrected chi connectivity index (χ2v) is 10.7. The highest BCUT2D eigenvalue weighted by molar-refractivity contribution is 7.90. The molecule has 0 spiro atoms. The van der Waals surface area contributed by atoms with Crippen molar-refractivity contribution >= 4 is 17.4 Å². The average molecular weight is 448 g/mol. The molecule has 0 bridgehead atoms. The number of rotatable bonds is 8. The molecule has 2 aliphatic carbocycles. The highest BCUT2D eigenvalue weighted by atomic mass is 32.2. The molecule has 7 heteroatoms. The summed E-state index contributed by atoms with van der Waals surface area (Å²) in [6.07, 6.45) is 8.58. The Bertz CT molecular complexity index is 695. The maximum atomic E-state index is 12.7. The number of urea groups is 1. The molecule has 0 radical (unpaired) electrons. The van der Waals surface area contributed by atoms with Crippen LogP contribution < -0.4 is 10.0 Å². The number of piperidine rings is 1. The molecule has 172 valence electrons. The number of ether oxygens (including phenoxy) is 1. The van der Waals surface area contributed by atoms with Crippen molar-refractivity contribution in [1.82, 2.24) is 14.9 Å². The SMILES string of the molecule is CCNC(=O)N1CCC[C@H](N[S+]([O-])C2CC2)[C@@H]1CO[C@H]1CC[C@@H](c2ccccc2)CC1. The van der Waals surface area contributed by atoms with Gasteiger partial charge >= 0.3 is 6.03 Å². The lowest BCUT2D eigenvalue weighted by molar-refractivity contribution is -0.0173. The number of likely N-dealkylation sites (tertiary alicyclic amines) is 1. The summed E-state index contributed by atoms with van der Waals surface area (Å²) in [5, 5.41) is 3.23. The predicted octanol–water partition coefficient (Wildman–Crippen LogP) is 3.71. The van der Waals surface area contributed by atoms with E-state index >= 15 is 0 Å². The van der Waals surface area contributed by atoms with Gasteiger partial charge in [0.1, 0.15) is 5.25 Å². The molecule has 2 amide bonds. The van der Waals surface area contributed by atoms with E-state index < -0.39 is 11.4 Å². The van der Waals surface area contributed by atoms with Gasteiger partial charge in [0, 0.05) is 37.3 Å². The lowest BCUT2D eigenvalue weighted by Crippen LogP contribution is -2.61. The molecule has 3 aliphatic rings. The first kappa shape index (κ1) is 22.9. The maximum Gasteiger partial charge on any atom is 0.317 e. The molecule has 1 aliphatic heterocycles. The van der Waals surface area contributed by atoms with Gasteiger partial charge in [-0.25, -0.2) is 4.79 Å². The third-order valence-electron chi connectivity index (χ3n) is 6.91. The van der Waals surface area contributed by atoms with E-state index in [0.29, 0.717) is 19.1 Å². The minimum atomic E-state index is -1.01. The molecule has 1 aromatic carbocycles. The summed E-state index contributed by atoms with van der Waals surface area (Å²) in [4.78, 5) is 14.6. The predicted molar refractivity (Wildman–Crippen MR) is 124 cm³/mol. The van der Waals surface area contributed by atoms with Gasteiger partial charge in [-0.15, -0.1) is 4.72 Å². The second-order valence-electron chi connectivity index (χ2n) is 9.18. The third kappa shape index (κ3) is 6.15. The van der Waals surface area contributed by atoms with Crippen LogP contribution in [-0.2, 0) is 16.1 Å². The monoisotopic (exact) mass is 447 g/mol. The fourth-order valence-corrected chi connectivity index (χ4v) is 6.29. The van der Waals surface area contributed by atoms with Crippen molar-refractivity contribution in [3.63, 3.8) is 0 Å². The third-order valence-corrected chi connectivity index (χ3v) is 8.52. The zero-order chi connectivity index (χ0) is 21.6. The second kappa shape index (κ2) is 11.0. The molecular formula is C24H37N3O3S. The zero-order valence-corrected chi connectivity index (χ0v) is 19.4. The van der Waals surface area contributed by atoms with Gasteiger partial charge in [-0.3, -0.25) is 0 Å². The Kier molecular flexibility index (Phi) is 8.15. The van der Waals surface area contributed by atoms with E-state index in [1.165, 1.54) is 5.56 Å². The number of benzene rings is 1. The Morgan fingerprint density at radius 3 is 2.55 bits per heavy atom. The molecule has 3 atom stereocenters. The highest BCUT2D eigenvalue weighted by Crippen LogP contribution is 2.34. The molecule has 2 N–H and O–H groups in total. The van der Waals surface area contributed by atoms with E-state index in [1.54, 1.807) is 0 Å². The van der Waals surface area contributed by atoms with Gasteiger partial charge in [-0.2, -0.15) is 0 Å². The molecule has 1 unspecified atom stereocenters. The number of nitrogens with zero attached hydrogens (tertiary/aromatic N) is 1. The molecule has 6 nitrogen and oxygen atoms in total. The molecule has 1 saturated heterocycles. The summed E-state index contributed by atoms with van der Waals surface area (Å²) in [5.41, 5.74) is 1.43. The maximum absolute atomic E-state index is 12.7. The fraction of sp³-hybridized carbons (Fsp3) is 0.708. The Morgan fingerprint density at radius 1 is 1.13 bits per heavy atom. The van der Waals surface area contributed by atoms with Crippen molar-refractivity contribution in [2.45, 2.75) is 87.6 Å². The standard InChI is InChI=1S/C24H37N3O3S/c1-2-25-24(28)27-16-6-9-22(26-31(29)21-14-15-21)23(27)17-30-20-12-10-19(11-13-20)18-7-4-3-5-8-18/h3-5,7-8,19-23,26H,2,6,9-17H2,1H3,(H,25,28)/t19-,20+,22-,23-,31?/m0/s1.